The molecule has 1 aromatic rings. The molecule has 0 atom stereocenters. The van der Waals surface area contributed by atoms with Crippen molar-refractivity contribution in [2.75, 3.05) is 25.0 Å². The van der Waals surface area contributed by atoms with E-state index in [4.69, 9.17) is 4.74 Å². The van der Waals surface area contributed by atoms with Gasteiger partial charge in [0.15, 0.2) is 0 Å². The molecule has 4 nitrogen and oxygen atoms in total. The van der Waals surface area contributed by atoms with Crippen molar-refractivity contribution >= 4 is 11.8 Å². The van der Waals surface area contributed by atoms with Gasteiger partial charge in [-0.25, -0.2) is 9.18 Å². The Labute approximate surface area is 125 Å². The van der Waals surface area contributed by atoms with Gasteiger partial charge in [-0.15, -0.1) is 0 Å². The molecule has 1 fully saturated rings. The Kier molecular flexibility index (Phi) is 5.42. The first-order valence-corrected chi connectivity index (χ1v) is 7.48. The van der Waals surface area contributed by atoms with Gasteiger partial charge < -0.3 is 15.0 Å². The summed E-state index contributed by atoms with van der Waals surface area (Å²) in [5.41, 5.74) is 0.914. The highest BCUT2D eigenvalue weighted by Crippen LogP contribution is 2.17. The summed E-state index contributed by atoms with van der Waals surface area (Å²) in [5.74, 6) is 0.120. The van der Waals surface area contributed by atoms with Crippen molar-refractivity contribution in [3.8, 4) is 0 Å². The van der Waals surface area contributed by atoms with Crippen LogP contribution in [0.5, 0.6) is 0 Å². The van der Waals surface area contributed by atoms with Crippen LogP contribution in [0.25, 0.3) is 0 Å². The number of nitrogens with zero attached hydrogens (tertiary/aromatic N) is 1. The molecular weight excluding hydrogens is 271 g/mol. The van der Waals surface area contributed by atoms with Crippen molar-refractivity contribution in [3.63, 3.8) is 0 Å². The van der Waals surface area contributed by atoms with Crippen LogP contribution in [0, 0.1) is 11.7 Å². The van der Waals surface area contributed by atoms with E-state index in [0.29, 0.717) is 31.7 Å². The molecule has 0 aliphatic carbocycles. The van der Waals surface area contributed by atoms with Crippen molar-refractivity contribution in [1.82, 2.24) is 4.90 Å². The van der Waals surface area contributed by atoms with E-state index in [9.17, 15) is 9.18 Å². The number of halogens is 1. The van der Waals surface area contributed by atoms with E-state index in [1.165, 1.54) is 12.1 Å². The Balaban J connectivity index is 1.75. The number of hydrogen-bond acceptors (Lipinski definition) is 3. The lowest BCUT2D eigenvalue weighted by Gasteiger charge is -2.32. The quantitative estimate of drug-likeness (QED) is 0.924. The number of anilines is 1. The second-order valence-electron chi connectivity index (χ2n) is 5.88. The number of amides is 1. The van der Waals surface area contributed by atoms with Crippen molar-refractivity contribution in [2.24, 2.45) is 5.92 Å². The van der Waals surface area contributed by atoms with Crippen LogP contribution in [0.2, 0.25) is 0 Å². The fourth-order valence-corrected chi connectivity index (χ4v) is 2.32. The highest BCUT2D eigenvalue weighted by molar-refractivity contribution is 5.67. The lowest BCUT2D eigenvalue weighted by Crippen LogP contribution is -2.42. The minimum Gasteiger partial charge on any atom is -0.449 e. The van der Waals surface area contributed by atoms with E-state index in [1.807, 2.05) is 13.8 Å². The van der Waals surface area contributed by atoms with Crippen LogP contribution in [0.1, 0.15) is 26.7 Å². The van der Waals surface area contributed by atoms with Gasteiger partial charge in [0.1, 0.15) is 5.82 Å². The van der Waals surface area contributed by atoms with Crippen LogP contribution in [-0.4, -0.2) is 36.7 Å². The molecule has 116 valence electrons. The first-order valence-electron chi connectivity index (χ1n) is 7.48. The number of nitrogens with one attached hydrogen (secondary N) is 1. The van der Waals surface area contributed by atoms with Gasteiger partial charge >= 0.3 is 6.09 Å². The normalized spacial score (nSPS) is 16.1. The molecule has 0 radical (unpaired) electrons. The lowest BCUT2D eigenvalue weighted by molar-refractivity contribution is 0.0845. The second kappa shape index (κ2) is 7.29. The van der Waals surface area contributed by atoms with Crippen LogP contribution in [0.4, 0.5) is 14.9 Å². The predicted octanol–water partition coefficient (Wildman–Crippen LogP) is 3.49. The molecule has 1 saturated heterocycles. The van der Waals surface area contributed by atoms with E-state index in [-0.39, 0.29) is 11.9 Å². The van der Waals surface area contributed by atoms with Crippen LogP contribution in [0.15, 0.2) is 24.3 Å². The molecule has 21 heavy (non-hydrogen) atoms. The van der Waals surface area contributed by atoms with E-state index >= 15 is 0 Å². The van der Waals surface area contributed by atoms with Gasteiger partial charge in [0, 0.05) is 24.8 Å². The summed E-state index contributed by atoms with van der Waals surface area (Å²) in [7, 11) is 0. The van der Waals surface area contributed by atoms with Gasteiger partial charge in [-0.1, -0.05) is 13.8 Å². The number of ether oxygens (including phenoxy) is 1. The molecular formula is C16H23FN2O2. The van der Waals surface area contributed by atoms with Crippen LogP contribution in [-0.2, 0) is 4.74 Å². The molecule has 1 heterocycles. The first-order chi connectivity index (χ1) is 10.0. The first kappa shape index (κ1) is 15.6. The van der Waals surface area contributed by atoms with Crippen LogP contribution >= 0.6 is 0 Å². The standard InChI is InChI=1S/C16H23FN2O2/c1-12(2)11-21-16(20)19-9-7-15(8-10-19)18-14-5-3-13(17)4-6-14/h3-6,12,15,18H,7-11H2,1-2H3. The van der Waals surface area contributed by atoms with Crippen molar-refractivity contribution in [1.29, 1.82) is 0 Å². The molecule has 1 aliphatic heterocycles. The fraction of sp³-hybridized carbons (Fsp3) is 0.562. The maximum Gasteiger partial charge on any atom is 0.409 e. The molecule has 0 spiro atoms. The summed E-state index contributed by atoms with van der Waals surface area (Å²) in [5, 5.41) is 3.37. The summed E-state index contributed by atoms with van der Waals surface area (Å²) in [6.45, 7) is 5.89. The van der Waals surface area contributed by atoms with Crippen molar-refractivity contribution in [3.05, 3.63) is 30.1 Å². The second-order valence-corrected chi connectivity index (χ2v) is 5.88. The number of carbonyl (C=O) groups excluding carboxylic acids is 1. The van der Waals surface area contributed by atoms with E-state index < -0.39 is 0 Å². The van der Waals surface area contributed by atoms with E-state index in [1.54, 1.807) is 17.0 Å². The Morgan fingerprint density at radius 2 is 1.95 bits per heavy atom. The molecule has 0 saturated carbocycles. The molecule has 0 bridgehead atoms. The molecule has 1 N–H and O–H groups in total. The van der Waals surface area contributed by atoms with Crippen molar-refractivity contribution in [2.45, 2.75) is 32.7 Å². The summed E-state index contributed by atoms with van der Waals surface area (Å²) < 4.78 is 18.1. The number of benzene rings is 1. The predicted molar refractivity (Wildman–Crippen MR) is 80.8 cm³/mol. The smallest absolute Gasteiger partial charge is 0.409 e. The maximum atomic E-state index is 12.8. The highest BCUT2D eigenvalue weighted by atomic mass is 19.1. The van der Waals surface area contributed by atoms with Gasteiger partial charge in [-0.05, 0) is 43.0 Å². The van der Waals surface area contributed by atoms with Gasteiger partial charge in [0.25, 0.3) is 0 Å². The zero-order chi connectivity index (χ0) is 15.2. The minimum atomic E-state index is -0.233. The minimum absolute atomic E-state index is 0.219. The zero-order valence-electron chi connectivity index (χ0n) is 12.6. The lowest BCUT2D eigenvalue weighted by atomic mass is 10.1. The van der Waals surface area contributed by atoms with Crippen molar-refractivity contribution < 1.29 is 13.9 Å². The molecule has 2 rings (SSSR count). The molecule has 1 aromatic carbocycles. The highest BCUT2D eigenvalue weighted by Gasteiger charge is 2.23. The number of carbonyl (C=O) groups is 1. The SMILES string of the molecule is CC(C)COC(=O)N1CCC(Nc2ccc(F)cc2)CC1. The maximum absolute atomic E-state index is 12.8. The largest absolute Gasteiger partial charge is 0.449 e. The van der Waals surface area contributed by atoms with Gasteiger partial charge in [0.2, 0.25) is 0 Å². The fourth-order valence-electron chi connectivity index (χ4n) is 2.32. The van der Waals surface area contributed by atoms with Gasteiger partial charge in [0.05, 0.1) is 6.61 Å². The molecule has 0 aromatic heterocycles. The average molecular weight is 294 g/mol. The Morgan fingerprint density at radius 1 is 1.33 bits per heavy atom. The third-order valence-electron chi connectivity index (χ3n) is 3.51. The zero-order valence-corrected chi connectivity index (χ0v) is 12.6. The summed E-state index contributed by atoms with van der Waals surface area (Å²) in [4.78, 5) is 13.6. The molecule has 1 aliphatic rings. The topological polar surface area (TPSA) is 41.6 Å². The van der Waals surface area contributed by atoms with Crippen LogP contribution in [0.3, 0.4) is 0 Å². The van der Waals surface area contributed by atoms with Gasteiger partial charge in [-0.3, -0.25) is 0 Å². The van der Waals surface area contributed by atoms with Gasteiger partial charge in [-0.2, -0.15) is 0 Å². The number of hydrogen-bond donors (Lipinski definition) is 1. The summed E-state index contributed by atoms with van der Waals surface area (Å²) in [6.07, 6.45) is 1.52. The number of rotatable bonds is 4. The Hall–Kier alpha value is -1.78. The number of likely N-dealkylation sites (tertiary alicyclic amines) is 1. The average Bonchev–Trinajstić information content (AvgIpc) is 2.48. The third-order valence-corrected chi connectivity index (χ3v) is 3.51. The monoisotopic (exact) mass is 294 g/mol. The summed E-state index contributed by atoms with van der Waals surface area (Å²) in [6, 6.07) is 6.67. The molecule has 5 heteroatoms. The Morgan fingerprint density at radius 3 is 2.52 bits per heavy atom. The molecule has 0 unspecified atom stereocenters. The third kappa shape index (κ3) is 4.92. The summed E-state index contributed by atoms with van der Waals surface area (Å²) >= 11 is 0. The number of piperidine rings is 1. The van der Waals surface area contributed by atoms with E-state index in [2.05, 4.69) is 5.32 Å². The Bertz CT molecular complexity index is 454. The van der Waals surface area contributed by atoms with Crippen LogP contribution < -0.4 is 5.32 Å². The van der Waals surface area contributed by atoms with E-state index in [0.717, 1.165) is 18.5 Å². The molecule has 1 amide bonds.